The van der Waals surface area contributed by atoms with E-state index in [9.17, 15) is 4.79 Å². The highest BCUT2D eigenvalue weighted by atomic mass is 32.2. The summed E-state index contributed by atoms with van der Waals surface area (Å²) in [6.07, 6.45) is 2.02. The molecule has 0 aromatic heterocycles. The minimum atomic E-state index is -0.0257. The van der Waals surface area contributed by atoms with E-state index in [1.165, 1.54) is 11.8 Å². The van der Waals surface area contributed by atoms with Crippen LogP contribution in [0.2, 0.25) is 0 Å². The molecule has 0 bridgehead atoms. The number of thioether (sulfide) groups is 1. The number of ether oxygens (including phenoxy) is 2. The molecule has 0 aliphatic carbocycles. The van der Waals surface area contributed by atoms with Crippen molar-refractivity contribution in [3.05, 3.63) is 59.0 Å². The van der Waals surface area contributed by atoms with Gasteiger partial charge < -0.3 is 9.47 Å². The van der Waals surface area contributed by atoms with Crippen molar-refractivity contribution < 1.29 is 14.3 Å². The zero-order valence-electron chi connectivity index (χ0n) is 16.5. The van der Waals surface area contributed by atoms with E-state index in [1.807, 2.05) is 75.4 Å². The summed E-state index contributed by atoms with van der Waals surface area (Å²) in [5.74, 6) is 1.57. The molecule has 0 radical (unpaired) electrons. The van der Waals surface area contributed by atoms with Gasteiger partial charge in [0.1, 0.15) is 11.5 Å². The van der Waals surface area contributed by atoms with Crippen LogP contribution in [0, 0.1) is 0 Å². The maximum Gasteiger partial charge on any atom is 0.266 e. The maximum absolute atomic E-state index is 12.8. The number of rotatable bonds is 6. The van der Waals surface area contributed by atoms with Gasteiger partial charge in [0.15, 0.2) is 5.17 Å². The average Bonchev–Trinajstić information content (AvgIpc) is 2.97. The predicted octanol–water partition coefficient (Wildman–Crippen LogP) is 5.11. The maximum atomic E-state index is 12.8. The smallest absolute Gasteiger partial charge is 0.266 e. The van der Waals surface area contributed by atoms with Crippen LogP contribution in [-0.4, -0.2) is 35.7 Å². The molecule has 28 heavy (non-hydrogen) atoms. The van der Waals surface area contributed by atoms with E-state index in [0.29, 0.717) is 16.6 Å². The van der Waals surface area contributed by atoms with Crippen LogP contribution >= 0.6 is 11.8 Å². The van der Waals surface area contributed by atoms with Gasteiger partial charge >= 0.3 is 0 Å². The van der Waals surface area contributed by atoms with Gasteiger partial charge in [0.05, 0.1) is 23.8 Å². The Morgan fingerprint density at radius 1 is 1.07 bits per heavy atom. The van der Waals surface area contributed by atoms with E-state index in [2.05, 4.69) is 4.99 Å². The molecule has 5 nitrogen and oxygen atoms in total. The highest BCUT2D eigenvalue weighted by Crippen LogP contribution is 2.34. The number of nitrogens with zero attached hydrogens (tertiary/aromatic N) is 2. The second kappa shape index (κ2) is 8.97. The van der Waals surface area contributed by atoms with Gasteiger partial charge in [0, 0.05) is 6.54 Å². The molecule has 0 unspecified atom stereocenters. The van der Waals surface area contributed by atoms with Gasteiger partial charge in [0.25, 0.3) is 5.91 Å². The van der Waals surface area contributed by atoms with E-state index >= 15 is 0 Å². The molecule has 0 spiro atoms. The first-order chi connectivity index (χ1) is 13.5. The fraction of sp³-hybridized carbons (Fsp3) is 0.273. The van der Waals surface area contributed by atoms with Crippen molar-refractivity contribution in [1.82, 2.24) is 4.90 Å². The zero-order valence-corrected chi connectivity index (χ0v) is 17.3. The van der Waals surface area contributed by atoms with Crippen molar-refractivity contribution in [2.45, 2.75) is 26.9 Å². The van der Waals surface area contributed by atoms with Crippen molar-refractivity contribution in [2.75, 3.05) is 13.7 Å². The monoisotopic (exact) mass is 396 g/mol. The minimum Gasteiger partial charge on any atom is -0.497 e. The first-order valence-corrected chi connectivity index (χ1v) is 10.0. The number of hydrogen-bond donors (Lipinski definition) is 0. The van der Waals surface area contributed by atoms with Gasteiger partial charge in [0.2, 0.25) is 0 Å². The molecule has 1 saturated heterocycles. The Balaban J connectivity index is 1.82. The van der Waals surface area contributed by atoms with Crippen LogP contribution in [0.4, 0.5) is 5.69 Å². The number of carbonyl (C=O) groups is 1. The molecule has 2 aromatic rings. The lowest BCUT2D eigenvalue weighted by Gasteiger charge is -2.12. The number of methoxy groups -OCH3 is 1. The molecule has 1 amide bonds. The molecule has 3 rings (SSSR count). The van der Waals surface area contributed by atoms with E-state index in [-0.39, 0.29) is 12.0 Å². The van der Waals surface area contributed by atoms with Crippen molar-refractivity contribution in [1.29, 1.82) is 0 Å². The van der Waals surface area contributed by atoms with Crippen molar-refractivity contribution in [2.24, 2.45) is 4.99 Å². The molecule has 1 heterocycles. The highest BCUT2D eigenvalue weighted by Gasteiger charge is 2.32. The third-order valence-corrected chi connectivity index (χ3v) is 5.06. The lowest BCUT2D eigenvalue weighted by molar-refractivity contribution is -0.122. The molecule has 1 fully saturated rings. The normalized spacial score (nSPS) is 17.0. The Kier molecular flexibility index (Phi) is 6.41. The van der Waals surface area contributed by atoms with Gasteiger partial charge in [-0.15, -0.1) is 0 Å². The summed E-state index contributed by atoms with van der Waals surface area (Å²) in [6, 6.07) is 15.2. The molecule has 0 atom stereocenters. The Hall–Kier alpha value is -2.73. The summed E-state index contributed by atoms with van der Waals surface area (Å²) in [6.45, 7) is 6.50. The van der Waals surface area contributed by atoms with Crippen molar-refractivity contribution in [3.63, 3.8) is 0 Å². The summed E-state index contributed by atoms with van der Waals surface area (Å²) < 4.78 is 10.8. The van der Waals surface area contributed by atoms with Gasteiger partial charge in [-0.25, -0.2) is 4.99 Å². The molecule has 0 N–H and O–H groups in total. The Bertz CT molecular complexity index is 887. The standard InChI is InChI=1S/C22H24N2O3S/c1-5-24-21(25)20(14-16-6-10-19(11-7-16)27-15(2)3)28-22(24)23-17-8-12-18(26-4)13-9-17/h6-15H,5H2,1-4H3/b20-14+,23-22?. The third-order valence-electron chi connectivity index (χ3n) is 4.05. The molecule has 6 heteroatoms. The predicted molar refractivity (Wildman–Crippen MR) is 115 cm³/mol. The van der Waals surface area contributed by atoms with E-state index in [0.717, 1.165) is 22.7 Å². The number of likely N-dealkylation sites (N-methyl/N-ethyl adjacent to an activating group) is 1. The molecule has 146 valence electrons. The summed E-state index contributed by atoms with van der Waals surface area (Å²) in [4.78, 5) is 19.8. The summed E-state index contributed by atoms with van der Waals surface area (Å²) in [5.41, 5.74) is 1.74. The Morgan fingerprint density at radius 3 is 2.29 bits per heavy atom. The van der Waals surface area contributed by atoms with Crippen LogP contribution in [0.25, 0.3) is 6.08 Å². The zero-order chi connectivity index (χ0) is 20.1. The van der Waals surface area contributed by atoms with Gasteiger partial charge in [-0.05, 0) is 80.6 Å². The quantitative estimate of drug-likeness (QED) is 0.637. The van der Waals surface area contributed by atoms with Crippen LogP contribution in [0.5, 0.6) is 11.5 Å². The molecular weight excluding hydrogens is 372 g/mol. The van der Waals surface area contributed by atoms with E-state index in [4.69, 9.17) is 9.47 Å². The number of hydrogen-bond acceptors (Lipinski definition) is 5. The van der Waals surface area contributed by atoms with Crippen LogP contribution in [-0.2, 0) is 4.79 Å². The Labute approximate surface area is 170 Å². The number of benzene rings is 2. The summed E-state index contributed by atoms with van der Waals surface area (Å²) >= 11 is 1.39. The summed E-state index contributed by atoms with van der Waals surface area (Å²) in [5, 5.41) is 0.684. The topological polar surface area (TPSA) is 51.1 Å². The largest absolute Gasteiger partial charge is 0.497 e. The van der Waals surface area contributed by atoms with Gasteiger partial charge in [-0.2, -0.15) is 0 Å². The van der Waals surface area contributed by atoms with Crippen molar-refractivity contribution >= 4 is 34.6 Å². The van der Waals surface area contributed by atoms with Crippen LogP contribution in [0.3, 0.4) is 0 Å². The first kappa shape index (κ1) is 20.0. The first-order valence-electron chi connectivity index (χ1n) is 9.21. The summed E-state index contributed by atoms with van der Waals surface area (Å²) in [7, 11) is 1.63. The van der Waals surface area contributed by atoms with Gasteiger partial charge in [-0.3, -0.25) is 9.69 Å². The van der Waals surface area contributed by atoms with Crippen LogP contribution in [0.1, 0.15) is 26.3 Å². The molecular formula is C22H24N2O3S. The number of carbonyl (C=O) groups excluding carboxylic acids is 1. The molecule has 2 aromatic carbocycles. The molecule has 0 saturated carbocycles. The van der Waals surface area contributed by atoms with Crippen molar-refractivity contribution in [3.8, 4) is 11.5 Å². The van der Waals surface area contributed by atoms with Crippen LogP contribution in [0.15, 0.2) is 58.4 Å². The molecule has 1 aliphatic rings. The lowest BCUT2D eigenvalue weighted by atomic mass is 10.2. The van der Waals surface area contributed by atoms with Gasteiger partial charge in [-0.1, -0.05) is 12.1 Å². The van der Waals surface area contributed by atoms with Crippen LogP contribution < -0.4 is 9.47 Å². The molecule has 1 aliphatic heterocycles. The van der Waals surface area contributed by atoms with E-state index in [1.54, 1.807) is 12.0 Å². The SMILES string of the molecule is CCN1C(=O)/C(=C\c2ccc(OC(C)C)cc2)SC1=Nc1ccc(OC)cc1. The lowest BCUT2D eigenvalue weighted by Crippen LogP contribution is -2.28. The Morgan fingerprint density at radius 2 is 1.71 bits per heavy atom. The average molecular weight is 397 g/mol. The second-order valence-corrected chi connectivity index (χ2v) is 7.50. The number of aliphatic imine (C=N–C) groups is 1. The number of amides is 1. The third kappa shape index (κ3) is 4.75. The second-order valence-electron chi connectivity index (χ2n) is 6.49. The fourth-order valence-corrected chi connectivity index (χ4v) is 3.77. The van der Waals surface area contributed by atoms with E-state index < -0.39 is 0 Å². The minimum absolute atomic E-state index is 0.0257. The fourth-order valence-electron chi connectivity index (χ4n) is 2.70. The number of amidine groups is 1. The highest BCUT2D eigenvalue weighted by molar-refractivity contribution is 8.18.